The number of rotatable bonds is 1. The van der Waals surface area contributed by atoms with E-state index in [0.29, 0.717) is 11.4 Å². The second kappa shape index (κ2) is 3.56. The summed E-state index contributed by atoms with van der Waals surface area (Å²) in [6.45, 7) is 0. The maximum absolute atomic E-state index is 5.91. The minimum Gasteiger partial charge on any atom is -0.456 e. The van der Waals surface area contributed by atoms with Crippen LogP contribution >= 0.6 is 0 Å². The van der Waals surface area contributed by atoms with Gasteiger partial charge in [-0.25, -0.2) is 0 Å². The molecule has 1 aromatic heterocycles. The van der Waals surface area contributed by atoms with Crippen LogP contribution in [-0.4, -0.2) is 0 Å². The molecule has 0 aliphatic heterocycles. The largest absolute Gasteiger partial charge is 0.456 e. The lowest BCUT2D eigenvalue weighted by molar-refractivity contribution is 0.632. The molecular weight excluding hydrogens is 212 g/mol. The van der Waals surface area contributed by atoms with E-state index in [1.807, 2.05) is 36.4 Å². The van der Waals surface area contributed by atoms with E-state index in [4.69, 9.17) is 15.9 Å². The molecule has 17 heavy (non-hydrogen) atoms. The second-order valence-corrected chi connectivity index (χ2v) is 4.00. The standard InChI is InChI=1S/C14H12N2O/c15-10-6-12(16)11-8-13(17-14(11)7-10)9-4-2-1-3-5-9/h1-8H,15-16H2. The van der Waals surface area contributed by atoms with Crippen molar-refractivity contribution in [2.45, 2.75) is 0 Å². The van der Waals surface area contributed by atoms with Crippen LogP contribution in [-0.2, 0) is 0 Å². The van der Waals surface area contributed by atoms with E-state index < -0.39 is 0 Å². The van der Waals surface area contributed by atoms with Crippen LogP contribution in [0.1, 0.15) is 0 Å². The number of nitrogen functional groups attached to an aromatic ring is 2. The molecule has 0 unspecified atom stereocenters. The van der Waals surface area contributed by atoms with Crippen molar-refractivity contribution in [2.24, 2.45) is 0 Å². The van der Waals surface area contributed by atoms with Crippen molar-refractivity contribution in [3.8, 4) is 11.3 Å². The van der Waals surface area contributed by atoms with Gasteiger partial charge in [-0.1, -0.05) is 30.3 Å². The molecule has 0 fully saturated rings. The third-order valence-corrected chi connectivity index (χ3v) is 2.75. The Balaban J connectivity index is 2.24. The Kier molecular flexibility index (Phi) is 2.05. The molecule has 3 rings (SSSR count). The van der Waals surface area contributed by atoms with Crippen molar-refractivity contribution in [1.82, 2.24) is 0 Å². The fourth-order valence-corrected chi connectivity index (χ4v) is 1.93. The zero-order valence-corrected chi connectivity index (χ0v) is 9.18. The highest BCUT2D eigenvalue weighted by atomic mass is 16.3. The van der Waals surface area contributed by atoms with Gasteiger partial charge in [0.25, 0.3) is 0 Å². The van der Waals surface area contributed by atoms with Gasteiger partial charge in [-0.05, 0) is 12.1 Å². The fraction of sp³-hybridized carbons (Fsp3) is 0. The number of anilines is 2. The molecule has 0 aliphatic carbocycles. The van der Waals surface area contributed by atoms with Crippen molar-refractivity contribution < 1.29 is 4.42 Å². The summed E-state index contributed by atoms with van der Waals surface area (Å²) in [5.41, 5.74) is 14.7. The Morgan fingerprint density at radius 3 is 2.41 bits per heavy atom. The predicted molar refractivity (Wildman–Crippen MR) is 70.5 cm³/mol. The summed E-state index contributed by atoms with van der Waals surface area (Å²) >= 11 is 0. The van der Waals surface area contributed by atoms with Crippen LogP contribution in [0.25, 0.3) is 22.3 Å². The first-order valence-electron chi connectivity index (χ1n) is 5.38. The highest BCUT2D eigenvalue weighted by Gasteiger charge is 2.08. The molecule has 0 spiro atoms. The lowest BCUT2D eigenvalue weighted by Crippen LogP contribution is -1.89. The summed E-state index contributed by atoms with van der Waals surface area (Å²) in [5, 5.41) is 0.901. The van der Waals surface area contributed by atoms with Gasteiger partial charge in [0.1, 0.15) is 11.3 Å². The van der Waals surface area contributed by atoms with Crippen molar-refractivity contribution in [1.29, 1.82) is 0 Å². The fourth-order valence-electron chi connectivity index (χ4n) is 1.93. The number of fused-ring (bicyclic) bond motifs is 1. The van der Waals surface area contributed by atoms with Gasteiger partial charge in [-0.2, -0.15) is 0 Å². The van der Waals surface area contributed by atoms with Crippen LogP contribution < -0.4 is 11.5 Å². The van der Waals surface area contributed by atoms with Crippen molar-refractivity contribution in [3.05, 3.63) is 48.5 Å². The zero-order valence-electron chi connectivity index (χ0n) is 9.18. The minimum absolute atomic E-state index is 0.615. The molecule has 0 atom stereocenters. The highest BCUT2D eigenvalue weighted by molar-refractivity contribution is 5.95. The molecule has 3 heteroatoms. The maximum Gasteiger partial charge on any atom is 0.138 e. The van der Waals surface area contributed by atoms with E-state index in [2.05, 4.69) is 0 Å². The third-order valence-electron chi connectivity index (χ3n) is 2.75. The number of benzene rings is 2. The molecule has 0 saturated heterocycles. The van der Waals surface area contributed by atoms with E-state index in [-0.39, 0.29) is 0 Å². The number of hydrogen-bond donors (Lipinski definition) is 2. The Morgan fingerprint density at radius 2 is 1.65 bits per heavy atom. The number of nitrogens with two attached hydrogens (primary N) is 2. The van der Waals surface area contributed by atoms with Gasteiger partial charge in [0.2, 0.25) is 0 Å². The molecule has 0 radical (unpaired) electrons. The summed E-state index contributed by atoms with van der Waals surface area (Å²) in [7, 11) is 0. The Bertz CT molecular complexity index is 671. The third kappa shape index (κ3) is 1.61. The zero-order chi connectivity index (χ0) is 11.8. The smallest absolute Gasteiger partial charge is 0.138 e. The quantitative estimate of drug-likeness (QED) is 0.623. The van der Waals surface area contributed by atoms with Gasteiger partial charge in [-0.15, -0.1) is 0 Å². The van der Waals surface area contributed by atoms with Gasteiger partial charge in [-0.3, -0.25) is 0 Å². The Morgan fingerprint density at radius 1 is 0.882 bits per heavy atom. The van der Waals surface area contributed by atoms with E-state index in [9.17, 15) is 0 Å². The molecule has 0 amide bonds. The van der Waals surface area contributed by atoms with E-state index in [1.165, 1.54) is 0 Å². The lowest BCUT2D eigenvalue weighted by Gasteiger charge is -1.96. The van der Waals surface area contributed by atoms with Gasteiger partial charge in [0, 0.05) is 28.4 Å². The monoisotopic (exact) mass is 224 g/mol. The predicted octanol–water partition coefficient (Wildman–Crippen LogP) is 3.26. The molecule has 3 aromatic rings. The van der Waals surface area contributed by atoms with Crippen LogP contribution in [0.3, 0.4) is 0 Å². The summed E-state index contributed by atoms with van der Waals surface area (Å²) in [6.07, 6.45) is 0. The first-order chi connectivity index (χ1) is 8.24. The summed E-state index contributed by atoms with van der Waals surface area (Å²) in [6, 6.07) is 15.4. The molecule has 0 saturated carbocycles. The number of furan rings is 1. The molecule has 3 nitrogen and oxygen atoms in total. The summed E-state index contributed by atoms with van der Waals surface area (Å²) < 4.78 is 5.76. The van der Waals surface area contributed by atoms with Crippen LogP contribution in [0.4, 0.5) is 11.4 Å². The Hall–Kier alpha value is -2.42. The van der Waals surface area contributed by atoms with Gasteiger partial charge in [0.05, 0.1) is 0 Å². The van der Waals surface area contributed by atoms with Crippen LogP contribution in [0.5, 0.6) is 0 Å². The first kappa shape index (κ1) is 9.78. The lowest BCUT2D eigenvalue weighted by atomic mass is 10.1. The molecular formula is C14H12N2O. The molecule has 1 heterocycles. The van der Waals surface area contributed by atoms with E-state index in [1.54, 1.807) is 12.1 Å². The van der Waals surface area contributed by atoms with E-state index in [0.717, 1.165) is 22.3 Å². The van der Waals surface area contributed by atoms with Crippen LogP contribution in [0, 0.1) is 0 Å². The van der Waals surface area contributed by atoms with Gasteiger partial charge >= 0.3 is 0 Å². The van der Waals surface area contributed by atoms with Crippen molar-refractivity contribution in [2.75, 3.05) is 11.5 Å². The molecule has 4 N–H and O–H groups in total. The van der Waals surface area contributed by atoms with E-state index >= 15 is 0 Å². The van der Waals surface area contributed by atoms with Crippen LogP contribution in [0.15, 0.2) is 52.9 Å². The van der Waals surface area contributed by atoms with Gasteiger partial charge < -0.3 is 15.9 Å². The minimum atomic E-state index is 0.615. The number of hydrogen-bond acceptors (Lipinski definition) is 3. The molecule has 0 aliphatic rings. The SMILES string of the molecule is Nc1cc(N)c2cc(-c3ccccc3)oc2c1. The summed E-state index contributed by atoms with van der Waals surface area (Å²) in [4.78, 5) is 0. The van der Waals surface area contributed by atoms with Crippen molar-refractivity contribution >= 4 is 22.3 Å². The summed E-state index contributed by atoms with van der Waals surface area (Å²) in [5.74, 6) is 0.804. The van der Waals surface area contributed by atoms with Crippen LogP contribution in [0.2, 0.25) is 0 Å². The molecule has 2 aromatic carbocycles. The van der Waals surface area contributed by atoms with Gasteiger partial charge in [0.15, 0.2) is 0 Å². The van der Waals surface area contributed by atoms with Crippen molar-refractivity contribution in [3.63, 3.8) is 0 Å². The topological polar surface area (TPSA) is 65.2 Å². The molecule has 0 bridgehead atoms. The highest BCUT2D eigenvalue weighted by Crippen LogP contribution is 2.32. The first-order valence-corrected chi connectivity index (χ1v) is 5.38. The average molecular weight is 224 g/mol. The molecule has 84 valence electrons. The Labute approximate surface area is 98.6 Å². The normalized spacial score (nSPS) is 10.8. The average Bonchev–Trinajstić information content (AvgIpc) is 2.74. The maximum atomic E-state index is 5.91. The second-order valence-electron chi connectivity index (χ2n) is 4.00.